The third-order valence-electron chi connectivity index (χ3n) is 7.12. The van der Waals surface area contributed by atoms with E-state index < -0.39 is 40.4 Å². The minimum absolute atomic E-state index is 0.0290. The van der Waals surface area contributed by atoms with E-state index >= 15 is 0 Å². The van der Waals surface area contributed by atoms with Crippen molar-refractivity contribution in [3.8, 4) is 28.7 Å². The third-order valence-corrected chi connectivity index (χ3v) is 7.12. The molecule has 39 heavy (non-hydrogen) atoms. The van der Waals surface area contributed by atoms with Crippen molar-refractivity contribution in [3.05, 3.63) is 62.4 Å². The Morgan fingerprint density at radius 1 is 0.923 bits per heavy atom. The first-order chi connectivity index (χ1) is 18.6. The zero-order valence-corrected chi connectivity index (χ0v) is 20.8. The number of fused-ring (bicyclic) bond motifs is 3. The maximum absolute atomic E-state index is 13.5. The summed E-state index contributed by atoms with van der Waals surface area (Å²) in [6, 6.07) is 4.16. The van der Waals surface area contributed by atoms with Crippen LogP contribution >= 0.6 is 0 Å². The van der Waals surface area contributed by atoms with Crippen LogP contribution in [-0.2, 0) is 15.9 Å². The Morgan fingerprint density at radius 3 is 2.36 bits per heavy atom. The number of ketones is 2. The first-order valence-corrected chi connectivity index (χ1v) is 11.7. The Kier molecular flexibility index (Phi) is 5.15. The molecule has 0 radical (unpaired) electrons. The lowest BCUT2D eigenvalue weighted by molar-refractivity contribution is -0.148. The Morgan fingerprint density at radius 2 is 1.67 bits per heavy atom. The van der Waals surface area contributed by atoms with Crippen molar-refractivity contribution in [3.63, 3.8) is 0 Å². The zero-order chi connectivity index (χ0) is 27.8. The molecule has 12 heteroatoms. The molecule has 0 unspecified atom stereocenters. The van der Waals surface area contributed by atoms with Gasteiger partial charge in [0.05, 0.1) is 44.5 Å². The standard InChI is InChI=1S/C27H20O12/c1-34-13-8-14(35-2)20(29)18-17(13)19(28)12-9-27(39-24(12)22(18)31)5-4-10-6-11-7-15(25(32)36-3)37-26(33)16(11)21(30)23(10)38-27/h6-8,29-30H,4-5,9H2,1-3H3/t27-/m1/s1. The molecule has 1 aromatic heterocycles. The van der Waals surface area contributed by atoms with Crippen molar-refractivity contribution in [2.24, 2.45) is 0 Å². The van der Waals surface area contributed by atoms with Gasteiger partial charge in [0.2, 0.25) is 11.5 Å². The maximum Gasteiger partial charge on any atom is 0.374 e. The van der Waals surface area contributed by atoms with E-state index in [2.05, 4.69) is 4.74 Å². The molecule has 3 aromatic rings. The molecule has 0 saturated heterocycles. The van der Waals surface area contributed by atoms with Crippen molar-refractivity contribution >= 4 is 28.3 Å². The fourth-order valence-electron chi connectivity index (χ4n) is 5.29. The van der Waals surface area contributed by atoms with Crippen molar-refractivity contribution in [1.29, 1.82) is 0 Å². The fourth-order valence-corrected chi connectivity index (χ4v) is 5.29. The second kappa shape index (κ2) is 8.25. The quantitative estimate of drug-likeness (QED) is 0.470. The Balaban J connectivity index is 1.41. The number of Topliss-reactive ketones (excluding diaryl/α,β-unsaturated/α-hetero) is 2. The summed E-state index contributed by atoms with van der Waals surface area (Å²) in [6.45, 7) is 0. The fraction of sp³-hybridized carbons (Fsp3) is 0.259. The molecule has 2 N–H and O–H groups in total. The van der Waals surface area contributed by atoms with Crippen LogP contribution in [0.3, 0.4) is 0 Å². The molecular formula is C27H20O12. The van der Waals surface area contributed by atoms with Gasteiger partial charge in [0.25, 0.3) is 5.79 Å². The monoisotopic (exact) mass is 536 g/mol. The Hall–Kier alpha value is -5.00. The van der Waals surface area contributed by atoms with Crippen molar-refractivity contribution in [2.45, 2.75) is 25.0 Å². The van der Waals surface area contributed by atoms with Crippen molar-refractivity contribution < 1.29 is 52.7 Å². The van der Waals surface area contributed by atoms with Gasteiger partial charge in [-0.25, -0.2) is 9.59 Å². The lowest BCUT2D eigenvalue weighted by atomic mass is 9.84. The van der Waals surface area contributed by atoms with Crippen LogP contribution in [0.25, 0.3) is 10.8 Å². The summed E-state index contributed by atoms with van der Waals surface area (Å²) in [5, 5.41) is 21.7. The predicted octanol–water partition coefficient (Wildman–Crippen LogP) is 2.78. The summed E-state index contributed by atoms with van der Waals surface area (Å²) in [7, 11) is 3.75. The molecule has 6 rings (SSSR count). The average Bonchev–Trinajstić information content (AvgIpc) is 3.30. The van der Waals surface area contributed by atoms with Gasteiger partial charge in [-0.2, -0.15) is 0 Å². The molecule has 12 nitrogen and oxygen atoms in total. The summed E-state index contributed by atoms with van der Waals surface area (Å²) in [6.07, 6.45) is 0.298. The lowest BCUT2D eigenvalue weighted by Crippen LogP contribution is -2.40. The molecule has 2 aliphatic heterocycles. The number of esters is 1. The number of allylic oxidation sites excluding steroid dienone is 1. The van der Waals surface area contributed by atoms with Crippen LogP contribution < -0.4 is 19.8 Å². The van der Waals surface area contributed by atoms with Gasteiger partial charge in [0.15, 0.2) is 34.5 Å². The molecular weight excluding hydrogens is 516 g/mol. The summed E-state index contributed by atoms with van der Waals surface area (Å²) >= 11 is 0. The molecule has 0 amide bonds. The minimum Gasteiger partial charge on any atom is -0.504 e. The van der Waals surface area contributed by atoms with E-state index in [1.807, 2.05) is 0 Å². The molecule has 3 aliphatic rings. The smallest absolute Gasteiger partial charge is 0.374 e. The summed E-state index contributed by atoms with van der Waals surface area (Å²) < 4.78 is 32.1. The number of methoxy groups -OCH3 is 3. The SMILES string of the molecule is COC(=O)c1cc2cc3c(c(O)c2c(=O)o1)O[C@@]1(CC3)CC2=C(O1)C(=O)c1c(O)c(OC)cc(OC)c1C2=O. The third kappa shape index (κ3) is 3.30. The number of phenolic OH excluding ortho intramolecular Hbond substituents is 2. The summed E-state index contributed by atoms with van der Waals surface area (Å²) in [5.74, 6) is -5.51. The number of ether oxygens (including phenoxy) is 5. The van der Waals surface area contributed by atoms with Crippen LogP contribution in [0.2, 0.25) is 0 Å². The highest BCUT2D eigenvalue weighted by molar-refractivity contribution is 6.29. The van der Waals surface area contributed by atoms with Gasteiger partial charge in [-0.15, -0.1) is 0 Å². The highest BCUT2D eigenvalue weighted by atomic mass is 16.7. The second-order valence-electron chi connectivity index (χ2n) is 9.20. The van der Waals surface area contributed by atoms with Gasteiger partial charge in [-0.05, 0) is 29.5 Å². The van der Waals surface area contributed by atoms with Crippen LogP contribution in [0.15, 0.2) is 38.7 Å². The summed E-state index contributed by atoms with van der Waals surface area (Å²) in [4.78, 5) is 51.5. The average molecular weight is 536 g/mol. The number of phenols is 2. The number of benzene rings is 2. The van der Waals surface area contributed by atoms with Crippen molar-refractivity contribution in [1.82, 2.24) is 0 Å². The highest BCUT2D eigenvalue weighted by Crippen LogP contribution is 2.52. The first kappa shape index (κ1) is 24.3. The van der Waals surface area contributed by atoms with E-state index in [1.165, 1.54) is 26.4 Å². The van der Waals surface area contributed by atoms with Gasteiger partial charge < -0.3 is 38.3 Å². The number of carbonyl (C=O) groups excluding carboxylic acids is 3. The highest BCUT2D eigenvalue weighted by Gasteiger charge is 2.53. The molecule has 3 heterocycles. The van der Waals surface area contributed by atoms with Crippen molar-refractivity contribution in [2.75, 3.05) is 21.3 Å². The van der Waals surface area contributed by atoms with Crippen LogP contribution in [0, 0.1) is 0 Å². The van der Waals surface area contributed by atoms with Gasteiger partial charge in [-0.1, -0.05) is 0 Å². The lowest BCUT2D eigenvalue weighted by Gasteiger charge is -2.35. The molecule has 200 valence electrons. The van der Waals surface area contributed by atoms with Crippen LogP contribution in [0.4, 0.5) is 0 Å². The maximum atomic E-state index is 13.5. The Labute approximate surface area is 218 Å². The predicted molar refractivity (Wildman–Crippen MR) is 130 cm³/mol. The van der Waals surface area contributed by atoms with Crippen LogP contribution in [0.1, 0.15) is 49.7 Å². The first-order valence-electron chi connectivity index (χ1n) is 11.7. The van der Waals surface area contributed by atoms with Gasteiger partial charge in [0.1, 0.15) is 11.1 Å². The minimum atomic E-state index is -1.55. The van der Waals surface area contributed by atoms with E-state index in [0.717, 1.165) is 7.11 Å². The number of hydrogen-bond donors (Lipinski definition) is 2. The van der Waals surface area contributed by atoms with Crippen LogP contribution in [-0.4, -0.2) is 54.9 Å². The van der Waals surface area contributed by atoms with Gasteiger partial charge in [-0.3, -0.25) is 9.59 Å². The number of hydrogen-bond acceptors (Lipinski definition) is 12. The molecule has 1 spiro atoms. The zero-order valence-electron chi connectivity index (χ0n) is 20.8. The normalized spacial score (nSPS) is 19.3. The molecule has 0 bridgehead atoms. The van der Waals surface area contributed by atoms with Gasteiger partial charge >= 0.3 is 11.6 Å². The van der Waals surface area contributed by atoms with E-state index in [1.54, 1.807) is 6.07 Å². The van der Waals surface area contributed by atoms with E-state index in [4.69, 9.17) is 23.4 Å². The molecule has 0 saturated carbocycles. The molecule has 2 aromatic carbocycles. The largest absolute Gasteiger partial charge is 0.504 e. The molecule has 0 fully saturated rings. The number of aryl methyl sites for hydroxylation is 1. The topological polar surface area (TPSA) is 168 Å². The van der Waals surface area contributed by atoms with Crippen LogP contribution in [0.5, 0.6) is 28.7 Å². The number of rotatable bonds is 3. The van der Waals surface area contributed by atoms with E-state index in [0.29, 0.717) is 5.56 Å². The summed E-state index contributed by atoms with van der Waals surface area (Å²) in [5.41, 5.74) is -0.884. The van der Waals surface area contributed by atoms with E-state index in [9.17, 15) is 29.4 Å². The number of carbonyl (C=O) groups is 3. The van der Waals surface area contributed by atoms with E-state index in [-0.39, 0.29) is 75.5 Å². The Bertz CT molecular complexity index is 1740. The number of aromatic hydroxyl groups is 2. The van der Waals surface area contributed by atoms with Gasteiger partial charge in [0, 0.05) is 12.5 Å². The molecule has 1 atom stereocenters. The second-order valence-corrected chi connectivity index (χ2v) is 9.20. The molecule has 1 aliphatic carbocycles.